The van der Waals surface area contributed by atoms with Gasteiger partial charge < -0.3 is 9.64 Å². The minimum atomic E-state index is 0.0310. The summed E-state index contributed by atoms with van der Waals surface area (Å²) in [6, 6.07) is 2.11. The highest BCUT2D eigenvalue weighted by Crippen LogP contribution is 2.17. The Morgan fingerprint density at radius 3 is 2.81 bits per heavy atom. The topological polar surface area (TPSA) is 53.3 Å². The summed E-state index contributed by atoms with van der Waals surface area (Å²) in [7, 11) is 0. The lowest BCUT2D eigenvalue weighted by atomic mass is 10.1. The Balaban J connectivity index is 2.44. The molecule has 1 rings (SSSR count). The van der Waals surface area contributed by atoms with E-state index in [-0.39, 0.29) is 24.6 Å². The van der Waals surface area contributed by atoms with Crippen molar-refractivity contribution in [2.75, 3.05) is 13.2 Å². The number of hydrogen-bond acceptors (Lipinski definition) is 3. The Labute approximate surface area is 97.2 Å². The highest BCUT2D eigenvalue weighted by molar-refractivity contribution is 5.77. The molecule has 1 saturated heterocycles. The Morgan fingerprint density at radius 1 is 1.56 bits per heavy atom. The molecule has 1 unspecified atom stereocenters. The number of carbonyl (C=O) groups is 1. The molecule has 4 heteroatoms. The second-order valence-electron chi connectivity index (χ2n) is 4.47. The van der Waals surface area contributed by atoms with Crippen LogP contribution in [0.15, 0.2) is 0 Å². The van der Waals surface area contributed by atoms with Gasteiger partial charge in [0.1, 0.15) is 6.54 Å². The summed E-state index contributed by atoms with van der Waals surface area (Å²) >= 11 is 0. The Hall–Kier alpha value is -1.08. The van der Waals surface area contributed by atoms with Crippen LogP contribution in [-0.2, 0) is 9.53 Å². The van der Waals surface area contributed by atoms with E-state index < -0.39 is 0 Å². The molecule has 0 aliphatic carbocycles. The van der Waals surface area contributed by atoms with E-state index in [4.69, 9.17) is 10.00 Å². The molecule has 90 valence electrons. The predicted molar refractivity (Wildman–Crippen MR) is 60.7 cm³/mol. The SMILES string of the molecule is CC(C)N(CC#N)C(=O)CC1CCCCO1. The molecular weight excluding hydrogens is 204 g/mol. The van der Waals surface area contributed by atoms with Gasteiger partial charge in [-0.25, -0.2) is 0 Å². The fourth-order valence-electron chi connectivity index (χ4n) is 1.92. The second kappa shape index (κ2) is 6.49. The van der Waals surface area contributed by atoms with Crippen LogP contribution in [0.5, 0.6) is 0 Å². The van der Waals surface area contributed by atoms with E-state index in [0.717, 1.165) is 25.9 Å². The number of ether oxygens (including phenoxy) is 1. The van der Waals surface area contributed by atoms with Crippen LogP contribution >= 0.6 is 0 Å². The Kier molecular flexibility index (Phi) is 5.27. The van der Waals surface area contributed by atoms with E-state index in [0.29, 0.717) is 6.42 Å². The predicted octanol–water partition coefficient (Wildman–Crippen LogP) is 1.71. The summed E-state index contributed by atoms with van der Waals surface area (Å²) < 4.78 is 5.53. The molecule has 1 aliphatic heterocycles. The summed E-state index contributed by atoms with van der Waals surface area (Å²) in [5.74, 6) is 0.0310. The van der Waals surface area contributed by atoms with Crippen LogP contribution in [0.2, 0.25) is 0 Å². The minimum absolute atomic E-state index is 0.0310. The van der Waals surface area contributed by atoms with E-state index in [9.17, 15) is 4.79 Å². The fourth-order valence-corrected chi connectivity index (χ4v) is 1.92. The van der Waals surface area contributed by atoms with Gasteiger partial charge in [0.05, 0.1) is 18.6 Å². The summed E-state index contributed by atoms with van der Waals surface area (Å²) in [5, 5.41) is 8.67. The maximum Gasteiger partial charge on any atom is 0.226 e. The molecule has 0 saturated carbocycles. The number of carbonyl (C=O) groups excluding carboxylic acids is 1. The smallest absolute Gasteiger partial charge is 0.226 e. The van der Waals surface area contributed by atoms with Crippen molar-refractivity contribution in [3.63, 3.8) is 0 Å². The van der Waals surface area contributed by atoms with E-state index in [1.165, 1.54) is 0 Å². The summed E-state index contributed by atoms with van der Waals surface area (Å²) in [4.78, 5) is 13.5. The van der Waals surface area contributed by atoms with Crippen LogP contribution < -0.4 is 0 Å². The fraction of sp³-hybridized carbons (Fsp3) is 0.833. The molecule has 0 aromatic carbocycles. The van der Waals surface area contributed by atoms with Crippen molar-refractivity contribution in [1.29, 1.82) is 5.26 Å². The summed E-state index contributed by atoms with van der Waals surface area (Å²) in [6.45, 7) is 4.79. The molecule has 1 heterocycles. The van der Waals surface area contributed by atoms with Gasteiger partial charge in [0.2, 0.25) is 5.91 Å². The Morgan fingerprint density at radius 2 is 2.31 bits per heavy atom. The van der Waals surface area contributed by atoms with Gasteiger partial charge in [-0.05, 0) is 33.1 Å². The first-order chi connectivity index (χ1) is 7.65. The first-order valence-electron chi connectivity index (χ1n) is 5.93. The molecule has 0 aromatic heterocycles. The quantitative estimate of drug-likeness (QED) is 0.683. The van der Waals surface area contributed by atoms with Gasteiger partial charge in [-0.15, -0.1) is 0 Å². The maximum atomic E-state index is 11.9. The third kappa shape index (κ3) is 3.82. The van der Waals surface area contributed by atoms with Gasteiger partial charge in [-0.1, -0.05) is 0 Å². The van der Waals surface area contributed by atoms with Gasteiger partial charge in [0, 0.05) is 12.6 Å². The van der Waals surface area contributed by atoms with Crippen molar-refractivity contribution in [2.45, 2.75) is 51.7 Å². The lowest BCUT2D eigenvalue weighted by Crippen LogP contribution is -2.39. The van der Waals surface area contributed by atoms with Crippen molar-refractivity contribution >= 4 is 5.91 Å². The van der Waals surface area contributed by atoms with Crippen LogP contribution in [-0.4, -0.2) is 36.1 Å². The van der Waals surface area contributed by atoms with Crippen LogP contribution in [0.1, 0.15) is 39.5 Å². The zero-order valence-electron chi connectivity index (χ0n) is 10.1. The third-order valence-corrected chi connectivity index (χ3v) is 2.86. The van der Waals surface area contributed by atoms with Crippen molar-refractivity contribution in [3.8, 4) is 6.07 Å². The normalized spacial score (nSPS) is 20.5. The van der Waals surface area contributed by atoms with Gasteiger partial charge in [-0.3, -0.25) is 4.79 Å². The number of nitrogens with zero attached hydrogens (tertiary/aromatic N) is 2. The van der Waals surface area contributed by atoms with E-state index in [1.807, 2.05) is 19.9 Å². The molecule has 0 spiro atoms. The lowest BCUT2D eigenvalue weighted by Gasteiger charge is -2.28. The minimum Gasteiger partial charge on any atom is -0.378 e. The van der Waals surface area contributed by atoms with Gasteiger partial charge in [0.25, 0.3) is 0 Å². The van der Waals surface area contributed by atoms with Crippen LogP contribution in [0.4, 0.5) is 0 Å². The molecule has 1 fully saturated rings. The molecule has 4 nitrogen and oxygen atoms in total. The lowest BCUT2D eigenvalue weighted by molar-refractivity contribution is -0.136. The average molecular weight is 224 g/mol. The summed E-state index contributed by atoms with van der Waals surface area (Å²) in [5.41, 5.74) is 0. The molecule has 0 N–H and O–H groups in total. The Bertz CT molecular complexity index is 265. The maximum absolute atomic E-state index is 11.9. The van der Waals surface area contributed by atoms with Crippen LogP contribution in [0.25, 0.3) is 0 Å². The standard InChI is InChI=1S/C12H20N2O2/c1-10(2)14(7-6-13)12(15)9-11-5-3-4-8-16-11/h10-11H,3-5,7-9H2,1-2H3. The molecule has 0 radical (unpaired) electrons. The zero-order chi connectivity index (χ0) is 12.0. The highest BCUT2D eigenvalue weighted by atomic mass is 16.5. The van der Waals surface area contributed by atoms with E-state index in [1.54, 1.807) is 4.90 Å². The molecular formula is C12H20N2O2. The van der Waals surface area contributed by atoms with Crippen LogP contribution in [0, 0.1) is 11.3 Å². The zero-order valence-corrected chi connectivity index (χ0v) is 10.1. The third-order valence-electron chi connectivity index (χ3n) is 2.86. The largest absolute Gasteiger partial charge is 0.378 e. The summed E-state index contributed by atoms with van der Waals surface area (Å²) in [6.07, 6.45) is 3.67. The van der Waals surface area contributed by atoms with E-state index >= 15 is 0 Å². The molecule has 1 amide bonds. The first-order valence-corrected chi connectivity index (χ1v) is 5.93. The second-order valence-corrected chi connectivity index (χ2v) is 4.47. The number of amides is 1. The molecule has 0 bridgehead atoms. The molecule has 1 atom stereocenters. The molecule has 16 heavy (non-hydrogen) atoms. The van der Waals surface area contributed by atoms with Crippen molar-refractivity contribution in [2.24, 2.45) is 0 Å². The van der Waals surface area contributed by atoms with Crippen molar-refractivity contribution < 1.29 is 9.53 Å². The number of rotatable bonds is 4. The van der Waals surface area contributed by atoms with Gasteiger partial charge in [0.15, 0.2) is 0 Å². The van der Waals surface area contributed by atoms with Gasteiger partial charge in [-0.2, -0.15) is 5.26 Å². The number of hydrogen-bond donors (Lipinski definition) is 0. The van der Waals surface area contributed by atoms with Crippen molar-refractivity contribution in [3.05, 3.63) is 0 Å². The van der Waals surface area contributed by atoms with E-state index in [2.05, 4.69) is 0 Å². The van der Waals surface area contributed by atoms with Gasteiger partial charge >= 0.3 is 0 Å². The first kappa shape index (κ1) is 13.0. The monoisotopic (exact) mass is 224 g/mol. The highest BCUT2D eigenvalue weighted by Gasteiger charge is 2.22. The van der Waals surface area contributed by atoms with Crippen LogP contribution in [0.3, 0.4) is 0 Å². The molecule has 1 aliphatic rings. The average Bonchev–Trinajstić information content (AvgIpc) is 2.26. The molecule has 0 aromatic rings. The van der Waals surface area contributed by atoms with Crippen molar-refractivity contribution in [1.82, 2.24) is 4.90 Å². The number of nitriles is 1.